The molecule has 3 heterocycles. The van der Waals surface area contributed by atoms with Gasteiger partial charge in [-0.25, -0.2) is 0 Å². The Labute approximate surface area is 250 Å². The predicted molar refractivity (Wildman–Crippen MR) is 183 cm³/mol. The van der Waals surface area contributed by atoms with Crippen LogP contribution in [0.3, 0.4) is 0 Å². The van der Waals surface area contributed by atoms with Gasteiger partial charge in [0.25, 0.3) is 0 Å². The Morgan fingerprint density at radius 3 is 2.02 bits per heavy atom. The summed E-state index contributed by atoms with van der Waals surface area (Å²) in [6, 6.07) is 23.5. The van der Waals surface area contributed by atoms with Crippen LogP contribution in [0.2, 0.25) is 0 Å². The van der Waals surface area contributed by atoms with Crippen molar-refractivity contribution in [1.29, 1.82) is 0 Å². The first kappa shape index (κ1) is 27.2. The molecule has 0 aliphatic heterocycles. The summed E-state index contributed by atoms with van der Waals surface area (Å²) in [5.41, 5.74) is 9.92. The van der Waals surface area contributed by atoms with Gasteiger partial charge in [0.05, 0.1) is 22.1 Å². The Kier molecular flexibility index (Phi) is 5.78. The molecule has 0 atom stereocenters. The molecule has 0 aliphatic rings. The molecule has 0 radical (unpaired) electrons. The van der Waals surface area contributed by atoms with Crippen LogP contribution in [0.5, 0.6) is 0 Å². The van der Waals surface area contributed by atoms with E-state index in [1.54, 1.807) is 0 Å². The minimum absolute atomic E-state index is 0.127. The van der Waals surface area contributed by atoms with E-state index in [0.717, 1.165) is 24.8 Å². The highest BCUT2D eigenvalue weighted by atomic mass is 14.9. The smallest absolute Gasteiger partial charge is 0.0823 e. The molecule has 2 nitrogen and oxygen atoms in total. The molecule has 0 N–H and O–H groups in total. The topological polar surface area (TPSA) is 17.3 Å². The normalized spacial score (nSPS) is 13.6. The summed E-state index contributed by atoms with van der Waals surface area (Å²) in [5.74, 6) is 0. The highest BCUT2D eigenvalue weighted by molar-refractivity contribution is 6.29. The summed E-state index contributed by atoms with van der Waals surface area (Å²) in [4.78, 5) is 5.13. The van der Waals surface area contributed by atoms with E-state index in [2.05, 4.69) is 127 Å². The fraction of sp³-hybridized carbons (Fsp3) is 0.375. The summed E-state index contributed by atoms with van der Waals surface area (Å²) in [7, 11) is 0. The van der Waals surface area contributed by atoms with Gasteiger partial charge in [0, 0.05) is 27.7 Å². The van der Waals surface area contributed by atoms with E-state index in [1.165, 1.54) is 70.9 Å². The number of nitrogens with zero attached hydrogens (tertiary/aromatic N) is 2. The van der Waals surface area contributed by atoms with Crippen LogP contribution in [0.25, 0.3) is 59.8 Å². The van der Waals surface area contributed by atoms with Crippen molar-refractivity contribution in [3.05, 3.63) is 83.6 Å². The fourth-order valence-corrected chi connectivity index (χ4v) is 7.43. The molecule has 0 saturated carbocycles. The maximum atomic E-state index is 5.13. The van der Waals surface area contributed by atoms with Crippen molar-refractivity contribution in [2.75, 3.05) is 0 Å². The van der Waals surface area contributed by atoms with Crippen LogP contribution >= 0.6 is 0 Å². The zero-order valence-corrected chi connectivity index (χ0v) is 26.9. The monoisotopic (exact) mass is 552 g/mol. The molecule has 42 heavy (non-hydrogen) atoms. The van der Waals surface area contributed by atoms with E-state index in [-0.39, 0.29) is 16.2 Å². The van der Waals surface area contributed by atoms with Crippen molar-refractivity contribution in [2.45, 2.75) is 81.6 Å². The van der Waals surface area contributed by atoms with Gasteiger partial charge in [0.1, 0.15) is 0 Å². The van der Waals surface area contributed by atoms with Gasteiger partial charge in [-0.2, -0.15) is 0 Å². The van der Waals surface area contributed by atoms with Crippen LogP contribution in [0.4, 0.5) is 0 Å². The lowest BCUT2D eigenvalue weighted by molar-refractivity contribution is 0.411. The molecule has 7 rings (SSSR count). The Hall–Kier alpha value is -3.65. The quantitative estimate of drug-likeness (QED) is 0.157. The second-order valence-electron chi connectivity index (χ2n) is 16.4. The number of hydrogen-bond donors (Lipinski definition) is 0. The first-order valence-corrected chi connectivity index (χ1v) is 15.6. The molecular weight excluding hydrogens is 508 g/mol. The Morgan fingerprint density at radius 2 is 1.31 bits per heavy atom. The van der Waals surface area contributed by atoms with Gasteiger partial charge in [-0.3, -0.25) is 4.98 Å². The molecule has 2 heteroatoms. The van der Waals surface area contributed by atoms with Gasteiger partial charge < -0.3 is 4.40 Å². The third kappa shape index (κ3) is 4.42. The van der Waals surface area contributed by atoms with E-state index in [9.17, 15) is 0 Å². The van der Waals surface area contributed by atoms with E-state index in [0.29, 0.717) is 0 Å². The van der Waals surface area contributed by atoms with E-state index in [1.807, 2.05) is 6.20 Å². The number of hydrogen-bond acceptors (Lipinski definition) is 1. The number of pyridine rings is 2. The number of rotatable bonds is 3. The van der Waals surface area contributed by atoms with Gasteiger partial charge >= 0.3 is 0 Å². The second-order valence-corrected chi connectivity index (χ2v) is 16.4. The molecule has 0 bridgehead atoms. The van der Waals surface area contributed by atoms with Crippen LogP contribution in [-0.2, 0) is 19.3 Å². The highest BCUT2D eigenvalue weighted by Gasteiger charge is 2.26. The molecule has 0 fully saturated rings. The van der Waals surface area contributed by atoms with E-state index < -0.39 is 0 Å². The lowest BCUT2D eigenvalue weighted by Crippen LogP contribution is -2.12. The predicted octanol–water partition coefficient (Wildman–Crippen LogP) is 11.3. The van der Waals surface area contributed by atoms with E-state index >= 15 is 0 Å². The molecule has 0 spiro atoms. The van der Waals surface area contributed by atoms with Gasteiger partial charge in [0.15, 0.2) is 0 Å². The summed E-state index contributed by atoms with van der Waals surface area (Å²) < 4.78 is 2.62. The van der Waals surface area contributed by atoms with Crippen LogP contribution in [0, 0.1) is 16.2 Å². The maximum Gasteiger partial charge on any atom is 0.0823 e. The van der Waals surface area contributed by atoms with Crippen molar-refractivity contribution in [1.82, 2.24) is 9.38 Å². The summed E-state index contributed by atoms with van der Waals surface area (Å²) in [5, 5.41) is 9.25. The number of benzene rings is 4. The van der Waals surface area contributed by atoms with E-state index in [4.69, 9.17) is 4.98 Å². The highest BCUT2D eigenvalue weighted by Crippen LogP contribution is 2.45. The molecule has 7 aromatic rings. The van der Waals surface area contributed by atoms with Crippen molar-refractivity contribution in [2.24, 2.45) is 16.2 Å². The first-order chi connectivity index (χ1) is 19.7. The van der Waals surface area contributed by atoms with Gasteiger partial charge in [-0.05, 0) is 86.6 Å². The zero-order chi connectivity index (χ0) is 29.8. The van der Waals surface area contributed by atoms with Crippen molar-refractivity contribution in [3.8, 4) is 0 Å². The summed E-state index contributed by atoms with van der Waals surface area (Å²) >= 11 is 0. The maximum absolute atomic E-state index is 5.13. The molecule has 214 valence electrons. The third-order valence-corrected chi connectivity index (χ3v) is 8.69. The minimum Gasteiger partial charge on any atom is -0.308 e. The largest absolute Gasteiger partial charge is 0.308 e. The molecule has 0 amide bonds. The van der Waals surface area contributed by atoms with Crippen LogP contribution < -0.4 is 0 Å². The summed E-state index contributed by atoms with van der Waals surface area (Å²) in [6.07, 6.45) is 5.09. The standard InChI is InChI=1S/C40H44N2/c1-38(2,3)21-24-13-15-28-27(19-24)20-30-35-34-25(17-18-41-35)14-16-29-33-26(22-39(4,5)6)11-10-12-32(33)42(37(29)34)36(30)31(28)23-40(7,8)9/h10-20H,21-23H2,1-9H3. The molecule has 3 aromatic heterocycles. The Morgan fingerprint density at radius 1 is 0.595 bits per heavy atom. The van der Waals surface area contributed by atoms with Crippen molar-refractivity contribution < 1.29 is 0 Å². The molecule has 0 aliphatic carbocycles. The third-order valence-electron chi connectivity index (χ3n) is 8.69. The Balaban J connectivity index is 1.73. The summed E-state index contributed by atoms with van der Waals surface area (Å²) in [6.45, 7) is 21.1. The van der Waals surface area contributed by atoms with Crippen LogP contribution in [0.15, 0.2) is 66.9 Å². The minimum atomic E-state index is 0.127. The van der Waals surface area contributed by atoms with Crippen LogP contribution in [0.1, 0.15) is 79.0 Å². The SMILES string of the molecule is CC(C)(C)Cc1ccc2c(CC(C)(C)C)c3c(cc2c1)c1nccc2ccc4c5c(CC(C)(C)C)cccc5n3c4c21. The second kappa shape index (κ2) is 8.93. The zero-order valence-electron chi connectivity index (χ0n) is 26.9. The number of aromatic nitrogens is 2. The average molecular weight is 553 g/mol. The molecular formula is C40H44N2. The Bertz CT molecular complexity index is 2150. The fourth-order valence-electron chi connectivity index (χ4n) is 7.43. The molecule has 0 unspecified atom stereocenters. The lowest BCUT2D eigenvalue weighted by atomic mass is 9.83. The van der Waals surface area contributed by atoms with Gasteiger partial charge in [-0.15, -0.1) is 0 Å². The van der Waals surface area contributed by atoms with Crippen LogP contribution in [-0.4, -0.2) is 9.38 Å². The number of fused-ring (bicyclic) bond motifs is 7. The van der Waals surface area contributed by atoms with Crippen molar-refractivity contribution in [3.63, 3.8) is 0 Å². The molecule has 4 aromatic carbocycles. The average Bonchev–Trinajstić information content (AvgIpc) is 3.21. The first-order valence-electron chi connectivity index (χ1n) is 15.6. The van der Waals surface area contributed by atoms with Crippen molar-refractivity contribution >= 4 is 59.8 Å². The molecule has 0 saturated heterocycles. The van der Waals surface area contributed by atoms with Gasteiger partial charge in [0.2, 0.25) is 0 Å². The lowest BCUT2D eigenvalue weighted by Gasteiger charge is -2.24. The van der Waals surface area contributed by atoms with Gasteiger partial charge in [-0.1, -0.05) is 105 Å².